The highest BCUT2D eigenvalue weighted by Crippen LogP contribution is 2.26. The summed E-state index contributed by atoms with van der Waals surface area (Å²) >= 11 is 0. The standard InChI is InChI=1S/C24H32F2N4O3/c1-24(2,3)9-11-30-10-8-19(17(14-30)23(32)29(4)5)27-22(31)20-13-21(33-28-20)16-7-6-15(25)12-18(16)26/h6-7,12-13,17,19H,8-11,14H2,1-5H3,(H,27,31). The summed E-state index contributed by atoms with van der Waals surface area (Å²) in [5, 5.41) is 6.66. The van der Waals surface area contributed by atoms with Crippen LogP contribution in [0.3, 0.4) is 0 Å². The number of carbonyl (C=O) groups is 2. The molecule has 2 amide bonds. The fourth-order valence-electron chi connectivity index (χ4n) is 3.91. The minimum Gasteiger partial charge on any atom is -0.355 e. The van der Waals surface area contributed by atoms with Crippen LogP contribution in [0, 0.1) is 23.0 Å². The Balaban J connectivity index is 1.71. The van der Waals surface area contributed by atoms with Crippen molar-refractivity contribution in [2.24, 2.45) is 11.3 Å². The minimum absolute atomic E-state index is 0.00997. The van der Waals surface area contributed by atoms with Gasteiger partial charge >= 0.3 is 0 Å². The van der Waals surface area contributed by atoms with E-state index in [4.69, 9.17) is 4.52 Å². The molecule has 2 unspecified atom stereocenters. The maximum atomic E-state index is 14.0. The number of hydrogen-bond acceptors (Lipinski definition) is 5. The third-order valence-corrected chi connectivity index (χ3v) is 5.89. The molecule has 0 aliphatic carbocycles. The highest BCUT2D eigenvalue weighted by Gasteiger charge is 2.36. The van der Waals surface area contributed by atoms with Crippen LogP contribution in [0.1, 0.15) is 44.1 Å². The number of halogens is 2. The van der Waals surface area contributed by atoms with Gasteiger partial charge in [0.15, 0.2) is 11.5 Å². The van der Waals surface area contributed by atoms with Crippen LogP contribution < -0.4 is 5.32 Å². The molecule has 180 valence electrons. The summed E-state index contributed by atoms with van der Waals surface area (Å²) < 4.78 is 32.3. The number of nitrogens with zero attached hydrogens (tertiary/aromatic N) is 3. The second kappa shape index (κ2) is 9.99. The summed E-state index contributed by atoms with van der Waals surface area (Å²) in [6, 6.07) is 4.02. The van der Waals surface area contributed by atoms with Crippen molar-refractivity contribution < 1.29 is 22.9 Å². The van der Waals surface area contributed by atoms with E-state index in [1.165, 1.54) is 12.1 Å². The lowest BCUT2D eigenvalue weighted by Gasteiger charge is -2.39. The predicted octanol–water partition coefficient (Wildman–Crippen LogP) is 3.56. The topological polar surface area (TPSA) is 78.7 Å². The molecule has 2 heterocycles. The summed E-state index contributed by atoms with van der Waals surface area (Å²) in [5.41, 5.74) is 0.177. The van der Waals surface area contributed by atoms with Crippen molar-refractivity contribution in [2.45, 2.75) is 39.7 Å². The number of piperidine rings is 1. The first-order valence-electron chi connectivity index (χ1n) is 11.1. The molecule has 1 saturated heterocycles. The highest BCUT2D eigenvalue weighted by atomic mass is 19.1. The molecular formula is C24H32F2N4O3. The molecule has 1 N–H and O–H groups in total. The molecule has 33 heavy (non-hydrogen) atoms. The Morgan fingerprint density at radius 1 is 1.24 bits per heavy atom. The fraction of sp³-hybridized carbons (Fsp3) is 0.542. The van der Waals surface area contributed by atoms with Crippen molar-refractivity contribution in [3.8, 4) is 11.3 Å². The van der Waals surface area contributed by atoms with E-state index >= 15 is 0 Å². The first-order valence-corrected chi connectivity index (χ1v) is 11.1. The van der Waals surface area contributed by atoms with Gasteiger partial charge in [-0.3, -0.25) is 9.59 Å². The number of benzene rings is 1. The Morgan fingerprint density at radius 3 is 2.61 bits per heavy atom. The van der Waals surface area contributed by atoms with Gasteiger partial charge in [-0.2, -0.15) is 0 Å². The van der Waals surface area contributed by atoms with E-state index < -0.39 is 23.5 Å². The van der Waals surface area contributed by atoms with Crippen molar-refractivity contribution >= 4 is 11.8 Å². The molecular weight excluding hydrogens is 430 g/mol. The molecule has 0 saturated carbocycles. The second-order valence-electron chi connectivity index (χ2n) is 10.0. The van der Waals surface area contributed by atoms with Gasteiger partial charge in [-0.1, -0.05) is 25.9 Å². The molecule has 2 aromatic rings. The largest absolute Gasteiger partial charge is 0.355 e. The van der Waals surface area contributed by atoms with Crippen molar-refractivity contribution in [2.75, 3.05) is 33.7 Å². The van der Waals surface area contributed by atoms with Crippen LogP contribution in [-0.2, 0) is 4.79 Å². The zero-order valence-electron chi connectivity index (χ0n) is 19.8. The predicted molar refractivity (Wildman–Crippen MR) is 120 cm³/mol. The van der Waals surface area contributed by atoms with E-state index in [2.05, 4.69) is 36.1 Å². The Kier molecular flexibility index (Phi) is 7.51. The van der Waals surface area contributed by atoms with Crippen LogP contribution in [0.4, 0.5) is 8.78 Å². The first kappa shape index (κ1) is 24.8. The SMILES string of the molecule is CN(C)C(=O)C1CN(CCC(C)(C)C)CCC1NC(=O)c1cc(-c2ccc(F)cc2F)on1. The molecule has 0 radical (unpaired) electrons. The number of hydrogen-bond donors (Lipinski definition) is 1. The van der Waals surface area contributed by atoms with Gasteiger partial charge in [0.1, 0.15) is 11.6 Å². The average molecular weight is 463 g/mol. The van der Waals surface area contributed by atoms with Crippen molar-refractivity contribution in [3.63, 3.8) is 0 Å². The molecule has 1 aliphatic heterocycles. The number of amides is 2. The molecule has 0 spiro atoms. The summed E-state index contributed by atoms with van der Waals surface area (Å²) in [6.45, 7) is 8.77. The summed E-state index contributed by atoms with van der Waals surface area (Å²) in [4.78, 5) is 29.5. The first-order chi connectivity index (χ1) is 15.4. The summed E-state index contributed by atoms with van der Waals surface area (Å²) in [6.07, 6.45) is 1.63. The van der Waals surface area contributed by atoms with E-state index in [0.29, 0.717) is 13.0 Å². The van der Waals surface area contributed by atoms with Crippen LogP contribution in [0.5, 0.6) is 0 Å². The molecule has 3 rings (SSSR count). The highest BCUT2D eigenvalue weighted by molar-refractivity contribution is 5.94. The Morgan fingerprint density at radius 2 is 1.97 bits per heavy atom. The quantitative estimate of drug-likeness (QED) is 0.710. The normalized spacial score (nSPS) is 19.4. The molecule has 1 aromatic carbocycles. The third kappa shape index (κ3) is 6.37. The maximum Gasteiger partial charge on any atom is 0.273 e. The maximum absolute atomic E-state index is 14.0. The van der Waals surface area contributed by atoms with Gasteiger partial charge in [-0.05, 0) is 36.9 Å². The van der Waals surface area contributed by atoms with Gasteiger partial charge in [-0.15, -0.1) is 0 Å². The van der Waals surface area contributed by atoms with Gasteiger partial charge in [-0.25, -0.2) is 8.78 Å². The number of aromatic nitrogens is 1. The molecule has 7 nitrogen and oxygen atoms in total. The second-order valence-corrected chi connectivity index (χ2v) is 10.0. The van der Waals surface area contributed by atoms with Crippen LogP contribution in [0.15, 0.2) is 28.8 Å². The van der Waals surface area contributed by atoms with E-state index in [0.717, 1.165) is 31.6 Å². The van der Waals surface area contributed by atoms with E-state index in [1.807, 2.05) is 0 Å². The fourth-order valence-corrected chi connectivity index (χ4v) is 3.91. The van der Waals surface area contributed by atoms with Gasteiger partial charge in [0.05, 0.1) is 11.5 Å². The van der Waals surface area contributed by atoms with Crippen molar-refractivity contribution in [1.82, 2.24) is 20.3 Å². The number of likely N-dealkylation sites (tertiary alicyclic amines) is 1. The lowest BCUT2D eigenvalue weighted by molar-refractivity contribution is -0.135. The van der Waals surface area contributed by atoms with E-state index in [1.54, 1.807) is 19.0 Å². The Bertz CT molecular complexity index is 1000. The van der Waals surface area contributed by atoms with Crippen molar-refractivity contribution in [1.29, 1.82) is 0 Å². The summed E-state index contributed by atoms with van der Waals surface area (Å²) in [5.74, 6) is -2.43. The van der Waals surface area contributed by atoms with Crippen LogP contribution in [-0.4, -0.2) is 66.5 Å². The Hall–Kier alpha value is -2.81. The van der Waals surface area contributed by atoms with Crippen molar-refractivity contribution in [3.05, 3.63) is 41.6 Å². The van der Waals surface area contributed by atoms with Crippen LogP contribution in [0.2, 0.25) is 0 Å². The number of rotatable bonds is 6. The van der Waals surface area contributed by atoms with Gasteiger partial charge < -0.3 is 19.6 Å². The molecule has 0 bridgehead atoms. The zero-order chi connectivity index (χ0) is 24.3. The monoisotopic (exact) mass is 462 g/mol. The van der Waals surface area contributed by atoms with Gasteiger partial charge in [0, 0.05) is 45.4 Å². The molecule has 1 fully saturated rings. The van der Waals surface area contributed by atoms with Gasteiger partial charge in [0.25, 0.3) is 5.91 Å². The average Bonchev–Trinajstić information content (AvgIpc) is 3.22. The number of nitrogens with one attached hydrogen (secondary N) is 1. The lowest BCUT2D eigenvalue weighted by Crippen LogP contribution is -2.56. The molecule has 2 atom stereocenters. The summed E-state index contributed by atoms with van der Waals surface area (Å²) in [7, 11) is 3.41. The Labute approximate surface area is 193 Å². The van der Waals surface area contributed by atoms with Crippen LogP contribution in [0.25, 0.3) is 11.3 Å². The minimum atomic E-state index is -0.808. The lowest BCUT2D eigenvalue weighted by atomic mass is 9.88. The molecule has 9 heteroatoms. The third-order valence-electron chi connectivity index (χ3n) is 5.89. The van der Waals surface area contributed by atoms with Crippen LogP contribution >= 0.6 is 0 Å². The molecule has 1 aliphatic rings. The zero-order valence-corrected chi connectivity index (χ0v) is 19.8. The molecule has 1 aromatic heterocycles. The van der Waals surface area contributed by atoms with Gasteiger partial charge in [0.2, 0.25) is 5.91 Å². The van der Waals surface area contributed by atoms with E-state index in [-0.39, 0.29) is 34.4 Å². The van der Waals surface area contributed by atoms with E-state index in [9.17, 15) is 18.4 Å². The smallest absolute Gasteiger partial charge is 0.273 e. The number of carbonyl (C=O) groups excluding carboxylic acids is 2.